The summed E-state index contributed by atoms with van der Waals surface area (Å²) in [5.41, 5.74) is 1.75. The lowest BCUT2D eigenvalue weighted by Crippen LogP contribution is -2.05. The van der Waals surface area contributed by atoms with Crippen LogP contribution in [0.4, 0.5) is 0 Å². The van der Waals surface area contributed by atoms with Crippen LogP contribution in [0.2, 0.25) is 0 Å². The molecular formula is C12H14O3. The highest BCUT2D eigenvalue weighted by molar-refractivity contribution is 5.79. The molecule has 0 spiro atoms. The monoisotopic (exact) mass is 206 g/mol. The van der Waals surface area contributed by atoms with Crippen LogP contribution in [0.3, 0.4) is 0 Å². The van der Waals surface area contributed by atoms with Crippen LogP contribution in [0.15, 0.2) is 18.2 Å². The summed E-state index contributed by atoms with van der Waals surface area (Å²) in [6.45, 7) is 4.74. The summed E-state index contributed by atoms with van der Waals surface area (Å²) in [4.78, 5) is 21.8. The Morgan fingerprint density at radius 2 is 1.93 bits per heavy atom. The van der Waals surface area contributed by atoms with Crippen LogP contribution >= 0.6 is 0 Å². The third-order valence-electron chi connectivity index (χ3n) is 2.09. The fraction of sp³-hybridized carbons (Fsp3) is 0.333. The Hall–Kier alpha value is -1.64. The van der Waals surface area contributed by atoms with Gasteiger partial charge in [0, 0.05) is 13.3 Å². The predicted octanol–water partition coefficient (Wildman–Crippen LogP) is 2.05. The highest BCUT2D eigenvalue weighted by Gasteiger charge is 2.08. The largest absolute Gasteiger partial charge is 0.426 e. The van der Waals surface area contributed by atoms with Crippen molar-refractivity contribution in [1.29, 1.82) is 0 Å². The molecule has 0 N–H and O–H groups in total. The highest BCUT2D eigenvalue weighted by atomic mass is 16.5. The van der Waals surface area contributed by atoms with Gasteiger partial charge in [-0.15, -0.1) is 0 Å². The molecule has 0 aliphatic rings. The topological polar surface area (TPSA) is 43.4 Å². The third-order valence-corrected chi connectivity index (χ3v) is 2.09. The van der Waals surface area contributed by atoms with Crippen molar-refractivity contribution in [3.05, 3.63) is 29.3 Å². The maximum Gasteiger partial charge on any atom is 0.308 e. The van der Waals surface area contributed by atoms with Crippen molar-refractivity contribution in [3.63, 3.8) is 0 Å². The minimum Gasteiger partial charge on any atom is -0.426 e. The molecule has 0 saturated carbocycles. The highest BCUT2D eigenvalue weighted by Crippen LogP contribution is 2.21. The first kappa shape index (κ1) is 11.4. The molecule has 0 amide bonds. The fourth-order valence-electron chi connectivity index (χ4n) is 1.39. The molecule has 0 bridgehead atoms. The molecule has 0 fully saturated rings. The molecule has 1 aromatic carbocycles. The summed E-state index contributed by atoms with van der Waals surface area (Å²) in [6, 6.07) is 5.37. The van der Waals surface area contributed by atoms with Crippen LogP contribution in [-0.2, 0) is 16.0 Å². The molecule has 0 radical (unpaired) electrons. The second kappa shape index (κ2) is 4.73. The molecule has 80 valence electrons. The Kier molecular flexibility index (Phi) is 3.61. The van der Waals surface area contributed by atoms with Gasteiger partial charge in [0.1, 0.15) is 11.5 Å². The van der Waals surface area contributed by atoms with Crippen LogP contribution in [0.5, 0.6) is 5.75 Å². The number of benzene rings is 1. The number of esters is 1. The fourth-order valence-corrected chi connectivity index (χ4v) is 1.39. The molecule has 3 heteroatoms. The number of rotatable bonds is 3. The van der Waals surface area contributed by atoms with E-state index in [-0.39, 0.29) is 11.8 Å². The maximum absolute atomic E-state index is 11.0. The first-order valence-corrected chi connectivity index (χ1v) is 4.77. The van der Waals surface area contributed by atoms with E-state index in [4.69, 9.17) is 4.74 Å². The van der Waals surface area contributed by atoms with Crippen molar-refractivity contribution in [2.75, 3.05) is 0 Å². The first-order valence-electron chi connectivity index (χ1n) is 4.77. The summed E-state index contributed by atoms with van der Waals surface area (Å²) in [5, 5.41) is 0. The summed E-state index contributed by atoms with van der Waals surface area (Å²) < 4.78 is 5.02. The number of Topliss-reactive ketones (excluding diaryl/α,β-unsaturated/α-hetero) is 1. The number of hydrogen-bond donors (Lipinski definition) is 0. The van der Waals surface area contributed by atoms with E-state index >= 15 is 0 Å². The molecular weight excluding hydrogens is 192 g/mol. The molecule has 0 aliphatic carbocycles. The minimum atomic E-state index is -0.349. The number of carbonyl (C=O) groups excluding carboxylic acids is 2. The second-order valence-corrected chi connectivity index (χ2v) is 3.51. The average Bonchev–Trinajstić information content (AvgIpc) is 2.10. The molecule has 0 heterocycles. The molecule has 15 heavy (non-hydrogen) atoms. The molecule has 3 nitrogen and oxygen atoms in total. The van der Waals surface area contributed by atoms with Gasteiger partial charge in [-0.2, -0.15) is 0 Å². The zero-order valence-electron chi connectivity index (χ0n) is 9.16. The van der Waals surface area contributed by atoms with Gasteiger partial charge in [-0.1, -0.05) is 12.1 Å². The Labute approximate surface area is 89.1 Å². The summed E-state index contributed by atoms with van der Waals surface area (Å²) in [5.74, 6) is 0.275. The van der Waals surface area contributed by atoms with Gasteiger partial charge in [-0.3, -0.25) is 9.59 Å². The summed E-state index contributed by atoms with van der Waals surface area (Å²) >= 11 is 0. The van der Waals surface area contributed by atoms with Crippen LogP contribution in [-0.4, -0.2) is 11.8 Å². The zero-order valence-corrected chi connectivity index (χ0v) is 9.16. The third kappa shape index (κ3) is 3.20. The van der Waals surface area contributed by atoms with E-state index in [1.165, 1.54) is 13.8 Å². The summed E-state index contributed by atoms with van der Waals surface area (Å²) in [7, 11) is 0. The normalized spacial score (nSPS) is 9.80. The Morgan fingerprint density at radius 3 is 2.47 bits per heavy atom. The molecule has 0 unspecified atom stereocenters. The Bertz CT molecular complexity index is 360. The van der Waals surface area contributed by atoms with Crippen molar-refractivity contribution in [2.45, 2.75) is 27.2 Å². The van der Waals surface area contributed by atoms with Crippen LogP contribution < -0.4 is 4.74 Å². The van der Waals surface area contributed by atoms with Gasteiger partial charge in [-0.05, 0) is 31.0 Å². The van der Waals surface area contributed by atoms with Crippen LogP contribution in [0.25, 0.3) is 0 Å². The first-order chi connectivity index (χ1) is 7.00. The Balaban J connectivity index is 2.99. The number of ketones is 1. The minimum absolute atomic E-state index is 0.0954. The quantitative estimate of drug-likeness (QED) is 0.561. The van der Waals surface area contributed by atoms with Crippen LogP contribution in [0.1, 0.15) is 25.0 Å². The van der Waals surface area contributed by atoms with Crippen molar-refractivity contribution in [1.82, 2.24) is 0 Å². The van der Waals surface area contributed by atoms with E-state index < -0.39 is 0 Å². The molecule has 1 aromatic rings. The lowest BCUT2D eigenvalue weighted by Gasteiger charge is -2.09. The lowest BCUT2D eigenvalue weighted by atomic mass is 10.0. The lowest BCUT2D eigenvalue weighted by molar-refractivity contribution is -0.131. The van der Waals surface area contributed by atoms with E-state index in [0.29, 0.717) is 12.2 Å². The van der Waals surface area contributed by atoms with Gasteiger partial charge in [-0.25, -0.2) is 0 Å². The van der Waals surface area contributed by atoms with Gasteiger partial charge in [0.15, 0.2) is 0 Å². The number of carbonyl (C=O) groups is 2. The van der Waals surface area contributed by atoms with Crippen molar-refractivity contribution in [2.24, 2.45) is 0 Å². The molecule has 0 atom stereocenters. The van der Waals surface area contributed by atoms with E-state index in [9.17, 15) is 9.59 Å². The summed E-state index contributed by atoms with van der Waals surface area (Å²) in [6.07, 6.45) is 0.376. The van der Waals surface area contributed by atoms with Gasteiger partial charge in [0.25, 0.3) is 0 Å². The van der Waals surface area contributed by atoms with Gasteiger partial charge < -0.3 is 4.74 Å². The number of ether oxygens (including phenoxy) is 1. The number of hydrogen-bond acceptors (Lipinski definition) is 3. The molecule has 0 saturated heterocycles. The van der Waals surface area contributed by atoms with E-state index in [1.807, 2.05) is 13.0 Å². The SMILES string of the molecule is CC(=O)Cc1cccc(OC(C)=O)c1C. The van der Waals surface area contributed by atoms with E-state index in [2.05, 4.69) is 0 Å². The standard InChI is InChI=1S/C12H14O3/c1-8(13)7-11-5-4-6-12(9(11)2)15-10(3)14/h4-6H,7H2,1-3H3. The van der Waals surface area contributed by atoms with Crippen molar-refractivity contribution < 1.29 is 14.3 Å². The predicted molar refractivity (Wildman–Crippen MR) is 56.9 cm³/mol. The van der Waals surface area contributed by atoms with E-state index in [0.717, 1.165) is 11.1 Å². The smallest absolute Gasteiger partial charge is 0.308 e. The van der Waals surface area contributed by atoms with Crippen LogP contribution in [0, 0.1) is 6.92 Å². The van der Waals surface area contributed by atoms with E-state index in [1.54, 1.807) is 12.1 Å². The van der Waals surface area contributed by atoms with Gasteiger partial charge in [0.2, 0.25) is 0 Å². The maximum atomic E-state index is 11.0. The van der Waals surface area contributed by atoms with Gasteiger partial charge in [0.05, 0.1) is 0 Å². The molecule has 0 aromatic heterocycles. The zero-order chi connectivity index (χ0) is 11.4. The average molecular weight is 206 g/mol. The van der Waals surface area contributed by atoms with Gasteiger partial charge >= 0.3 is 5.97 Å². The van der Waals surface area contributed by atoms with Crippen molar-refractivity contribution >= 4 is 11.8 Å². The second-order valence-electron chi connectivity index (χ2n) is 3.51. The Morgan fingerprint density at radius 1 is 1.27 bits per heavy atom. The van der Waals surface area contributed by atoms with Crippen molar-refractivity contribution in [3.8, 4) is 5.75 Å². The molecule has 1 rings (SSSR count). The molecule has 0 aliphatic heterocycles.